The van der Waals surface area contributed by atoms with Gasteiger partial charge in [-0.25, -0.2) is 15.0 Å². The van der Waals surface area contributed by atoms with E-state index in [-0.39, 0.29) is 27.0 Å². The molecule has 0 saturated heterocycles. The van der Waals surface area contributed by atoms with Gasteiger partial charge >= 0.3 is 7.12 Å². The van der Waals surface area contributed by atoms with Crippen molar-refractivity contribution in [3.63, 3.8) is 0 Å². The Balaban J connectivity index is 0.000000145. The number of methoxy groups -OCH3 is 2. The molecule has 0 atom stereocenters. The van der Waals surface area contributed by atoms with Crippen molar-refractivity contribution >= 4 is 149 Å². The van der Waals surface area contributed by atoms with Crippen molar-refractivity contribution in [1.82, 2.24) is 19.9 Å². The molecule has 634 valence electrons. The molecule has 0 aliphatic carbocycles. The maximum atomic E-state index is 11.2. The monoisotopic (exact) mass is 1900 g/mol. The number of carbonyl (C=O) groups is 2. The first-order valence-corrected chi connectivity index (χ1v) is 46.7. The van der Waals surface area contributed by atoms with E-state index in [1.165, 1.54) is 96.3 Å². The van der Waals surface area contributed by atoms with Crippen LogP contribution in [-0.4, -0.2) is 89.4 Å². The van der Waals surface area contributed by atoms with E-state index in [9.17, 15) is 9.59 Å². The van der Waals surface area contributed by atoms with Crippen LogP contribution in [-0.2, 0) is 33.6 Å². The Morgan fingerprint density at radius 1 is 0.339 bits per heavy atom. The predicted molar refractivity (Wildman–Crippen MR) is 531 cm³/mol. The van der Waals surface area contributed by atoms with E-state index < -0.39 is 38.8 Å². The van der Waals surface area contributed by atoms with Crippen LogP contribution < -0.4 is 82.6 Å². The van der Waals surface area contributed by atoms with Crippen molar-refractivity contribution in [3.05, 3.63) is 475 Å². The molecule has 0 amide bonds. The first-order chi connectivity index (χ1) is 62.2. The molecule has 0 fully saturated rings. The first kappa shape index (κ1) is 95.1. The molecule has 2 aliphatic rings. The van der Waals surface area contributed by atoms with Crippen LogP contribution in [0.2, 0.25) is 0 Å². The second kappa shape index (κ2) is 53.0. The molecule has 6 heterocycles. The number of hydrogen-bond acceptors (Lipinski definition) is 14. The zero-order valence-corrected chi connectivity index (χ0v) is 76.5. The maximum absolute atomic E-state index is 11.2. The van der Waals surface area contributed by atoms with Gasteiger partial charge in [0.25, 0.3) is 0 Å². The molecule has 0 radical (unpaired) electrons. The Morgan fingerprint density at radius 2 is 0.598 bits per heavy atom. The molecular formula is C106H92BBrN6O8P4Pd. The summed E-state index contributed by atoms with van der Waals surface area (Å²) in [6, 6.07) is 140. The summed E-state index contributed by atoms with van der Waals surface area (Å²) in [6.07, 6.45) is 14.7. The Hall–Kier alpha value is -12.6. The molecule has 0 spiro atoms. The Labute approximate surface area is 771 Å². The van der Waals surface area contributed by atoms with Crippen molar-refractivity contribution in [2.24, 2.45) is 9.98 Å². The van der Waals surface area contributed by atoms with Crippen LogP contribution in [0.4, 0.5) is 0 Å². The summed E-state index contributed by atoms with van der Waals surface area (Å²) in [5, 5.41) is 33.7. The molecule has 127 heavy (non-hydrogen) atoms. The SMILES string of the molecule is COc1cc(C=O)c(OCc2cccnc2Br)cn1.COc1cc(C=O)c(OCc2cccnc2C2=CC=NC2)cn1.OB(O)C1=CC=NC1.[Pd].c1ccc(P(c2ccccc2)c2ccccc2)cc1.c1ccc(P(c2ccccc2)c2ccccc2)cc1.c1ccc(P(c2ccccc2)c2ccccc2)cc1.c1ccc(P(c2ccccc2)c2ccccc2)cc1. The minimum atomic E-state index is -1.32. The van der Waals surface area contributed by atoms with Crippen LogP contribution >= 0.6 is 47.6 Å². The largest absolute Gasteiger partial charge is 0.486 e. The minimum Gasteiger partial charge on any atom is -0.486 e. The van der Waals surface area contributed by atoms with Crippen LogP contribution in [0.5, 0.6) is 23.3 Å². The number of hydrogen-bond donors (Lipinski definition) is 2. The van der Waals surface area contributed by atoms with E-state index >= 15 is 0 Å². The third-order valence-electron chi connectivity index (χ3n) is 19.0. The summed E-state index contributed by atoms with van der Waals surface area (Å²) >= 11 is 3.33. The van der Waals surface area contributed by atoms with Gasteiger partial charge in [-0.1, -0.05) is 376 Å². The molecule has 14 nitrogen and oxygen atoms in total. The molecule has 12 aromatic carbocycles. The van der Waals surface area contributed by atoms with E-state index in [2.05, 4.69) is 410 Å². The van der Waals surface area contributed by atoms with Crippen LogP contribution in [0.15, 0.2) is 457 Å². The van der Waals surface area contributed by atoms with Gasteiger partial charge in [-0.2, -0.15) is 0 Å². The fourth-order valence-electron chi connectivity index (χ4n) is 12.9. The summed E-state index contributed by atoms with van der Waals surface area (Å²) < 4.78 is 22.0. The van der Waals surface area contributed by atoms with Crippen molar-refractivity contribution in [2.45, 2.75) is 13.2 Å². The average Bonchev–Trinajstić information content (AvgIpc) is 1.32. The van der Waals surface area contributed by atoms with Gasteiger partial charge in [-0.15, -0.1) is 0 Å². The first-order valence-electron chi connectivity index (χ1n) is 40.5. The van der Waals surface area contributed by atoms with Gasteiger partial charge < -0.3 is 29.0 Å². The van der Waals surface area contributed by atoms with E-state index in [4.69, 9.17) is 29.0 Å². The summed E-state index contributed by atoms with van der Waals surface area (Å²) in [5.41, 5.74) is 5.07. The number of halogens is 1. The van der Waals surface area contributed by atoms with Crippen molar-refractivity contribution < 1.29 is 59.0 Å². The second-order valence-corrected chi connectivity index (χ2v) is 37.1. The summed E-state index contributed by atoms with van der Waals surface area (Å²) in [6.45, 7) is 1.63. The summed E-state index contributed by atoms with van der Waals surface area (Å²) in [7, 11) is -0.119. The molecule has 16 aromatic rings. The van der Waals surface area contributed by atoms with Crippen molar-refractivity contribution in [1.29, 1.82) is 0 Å². The van der Waals surface area contributed by atoms with Gasteiger partial charge in [-0.3, -0.25) is 24.6 Å². The Morgan fingerprint density at radius 3 is 0.827 bits per heavy atom. The third-order valence-corrected chi connectivity index (χ3v) is 29.5. The van der Waals surface area contributed by atoms with Crippen LogP contribution in [0.3, 0.4) is 0 Å². The van der Waals surface area contributed by atoms with Crippen LogP contribution in [0.25, 0.3) is 5.57 Å². The number of benzene rings is 12. The van der Waals surface area contributed by atoms with Gasteiger partial charge in [0, 0.05) is 74.1 Å². The average molecular weight is 1900 g/mol. The number of allylic oxidation sites excluding steroid dienone is 2. The van der Waals surface area contributed by atoms with Gasteiger partial charge in [0.1, 0.15) is 29.3 Å². The molecule has 0 bridgehead atoms. The number of aromatic nitrogens is 4. The number of aliphatic imine (C=N–C) groups is 2. The topological polar surface area (TPSA) is 188 Å². The molecular weight excluding hydrogens is 1810 g/mol. The Bertz CT molecular complexity index is 5210. The Kier molecular flexibility index (Phi) is 39.7. The molecule has 0 unspecified atom stereocenters. The van der Waals surface area contributed by atoms with Gasteiger partial charge in [-0.05, 0) is 141 Å². The van der Waals surface area contributed by atoms with E-state index in [1.54, 1.807) is 37.0 Å². The molecule has 18 rings (SSSR count). The number of ether oxygens (including phenoxy) is 4. The fraction of sp³-hybridized carbons (Fsp3) is 0.0566. The number of nitrogens with zero attached hydrogens (tertiary/aromatic N) is 6. The molecule has 2 N–H and O–H groups in total. The van der Waals surface area contributed by atoms with Crippen molar-refractivity contribution in [3.8, 4) is 23.3 Å². The van der Waals surface area contributed by atoms with Crippen molar-refractivity contribution in [2.75, 3.05) is 27.3 Å². The smallest absolute Gasteiger partial charge is 0.486 e. The van der Waals surface area contributed by atoms with E-state index in [0.29, 0.717) is 70.4 Å². The number of rotatable bonds is 24. The fourth-order valence-corrected chi connectivity index (χ4v) is 22.5. The molecule has 4 aromatic heterocycles. The molecule has 21 heteroatoms. The maximum Gasteiger partial charge on any atom is 0.486 e. The van der Waals surface area contributed by atoms with E-state index in [1.807, 2.05) is 30.3 Å². The predicted octanol–water partition coefficient (Wildman–Crippen LogP) is 17.8. The van der Waals surface area contributed by atoms with Gasteiger partial charge in [0.2, 0.25) is 11.8 Å². The van der Waals surface area contributed by atoms with Crippen LogP contribution in [0, 0.1) is 0 Å². The standard InChI is InChI=1S/4C18H15P.C17H15N3O3.C13H11BrN2O3.C4H6BNO2.Pd/c4*1-4-10-16(11-5-1)19(17-12-6-2-7-13-17)18-14-8-3-9-15-18;1-22-16-7-14(10-21)15(9-20-16)23-11-13-3-2-5-19-17(13)12-4-6-18-8-12;1-18-12-5-10(7-17)11(6-16-12)19-8-9-3-2-4-15-13(9)14;7-5(8)4-1-2-6-3-4;/h4*1-15H;2-7,9-10H,8,11H2,1H3;2-7H,8H2,1H3;1-2,7-8H,3H2;. The molecule has 0 saturated carbocycles. The quantitative estimate of drug-likeness (QED) is 0.0253. The minimum absolute atomic E-state index is 0. The zero-order valence-electron chi connectivity index (χ0n) is 69.8. The number of carbonyl (C=O) groups excluding carboxylic acids is 2. The zero-order chi connectivity index (χ0) is 87.4. The summed E-state index contributed by atoms with van der Waals surface area (Å²) in [5.74, 6) is 1.56. The third kappa shape index (κ3) is 29.3. The second-order valence-electron chi connectivity index (χ2n) is 27.5. The van der Waals surface area contributed by atoms with Gasteiger partial charge in [0.15, 0.2) is 12.6 Å². The van der Waals surface area contributed by atoms with Gasteiger partial charge in [0.05, 0.1) is 56.5 Å². The molecule has 2 aliphatic heterocycles. The normalized spacial score (nSPS) is 11.2. The van der Waals surface area contributed by atoms with E-state index in [0.717, 1.165) is 28.7 Å². The number of pyridine rings is 4. The van der Waals surface area contributed by atoms with Crippen LogP contribution in [0.1, 0.15) is 37.5 Å². The summed E-state index contributed by atoms with van der Waals surface area (Å²) in [4.78, 5) is 46.7. The number of aldehydes is 2.